The zero-order valence-electron chi connectivity index (χ0n) is 15.8. The molecule has 2 aromatic carbocycles. The Bertz CT molecular complexity index is 1260. The van der Waals surface area contributed by atoms with E-state index in [1.807, 2.05) is 36.6 Å². The predicted octanol–water partition coefficient (Wildman–Crippen LogP) is 4.16. The molecule has 0 atom stereocenters. The Morgan fingerprint density at radius 3 is 2.52 bits per heavy atom. The van der Waals surface area contributed by atoms with Crippen molar-refractivity contribution in [2.45, 2.75) is 29.8 Å². The predicted molar refractivity (Wildman–Crippen MR) is 115 cm³/mol. The van der Waals surface area contributed by atoms with E-state index in [-0.39, 0.29) is 22.2 Å². The van der Waals surface area contributed by atoms with Crippen LogP contribution in [-0.4, -0.2) is 18.9 Å². The van der Waals surface area contributed by atoms with Gasteiger partial charge in [0.25, 0.3) is 0 Å². The van der Waals surface area contributed by atoms with Gasteiger partial charge < -0.3 is 9.88 Å². The smallest absolute Gasteiger partial charge is 0.240 e. The van der Waals surface area contributed by atoms with Crippen LogP contribution in [0.15, 0.2) is 82.0 Å². The molecule has 0 bridgehead atoms. The Morgan fingerprint density at radius 2 is 1.79 bits per heavy atom. The number of sulfone groups is 1. The average Bonchev–Trinajstić information content (AvgIpc) is 3.35. The fraction of sp³-hybridized carbons (Fsp3) is 0.136. The van der Waals surface area contributed by atoms with Gasteiger partial charge in [0.05, 0.1) is 16.3 Å². The molecule has 1 amide bonds. The molecule has 0 saturated carbocycles. The van der Waals surface area contributed by atoms with Gasteiger partial charge in [0, 0.05) is 22.0 Å². The number of rotatable bonds is 6. The minimum atomic E-state index is -3.70. The van der Waals surface area contributed by atoms with E-state index in [1.165, 1.54) is 0 Å². The van der Waals surface area contributed by atoms with Crippen molar-refractivity contribution in [3.63, 3.8) is 0 Å². The number of aryl methyl sites for hydroxylation is 1. The lowest BCUT2D eigenvalue weighted by molar-refractivity contribution is -0.121. The van der Waals surface area contributed by atoms with E-state index in [0.717, 1.165) is 10.4 Å². The standard InChI is InChI=1S/C22H20N2O3S2/c1-16-8-10-18(11-9-16)29(26,27)21-14-24(20-7-3-2-6-19(20)21)15-22(25)23-13-17-5-4-12-28-17/h2-12,14H,13,15H2,1H3,(H,23,25). The van der Waals surface area contributed by atoms with Crippen molar-refractivity contribution < 1.29 is 13.2 Å². The summed E-state index contributed by atoms with van der Waals surface area (Å²) >= 11 is 1.58. The second-order valence-electron chi connectivity index (χ2n) is 6.81. The minimum absolute atomic E-state index is 0.0509. The fourth-order valence-electron chi connectivity index (χ4n) is 3.21. The van der Waals surface area contributed by atoms with Crippen LogP contribution in [-0.2, 0) is 27.7 Å². The Morgan fingerprint density at radius 1 is 1.03 bits per heavy atom. The lowest BCUT2D eigenvalue weighted by atomic mass is 10.2. The van der Waals surface area contributed by atoms with Gasteiger partial charge in [0.15, 0.2) is 0 Å². The molecule has 0 radical (unpaired) electrons. The number of nitrogens with zero attached hydrogens (tertiary/aromatic N) is 1. The van der Waals surface area contributed by atoms with Crippen molar-refractivity contribution in [3.05, 3.63) is 82.7 Å². The van der Waals surface area contributed by atoms with Gasteiger partial charge in [-0.25, -0.2) is 8.42 Å². The Balaban J connectivity index is 1.66. The van der Waals surface area contributed by atoms with Gasteiger partial charge in [-0.1, -0.05) is 42.0 Å². The SMILES string of the molecule is Cc1ccc(S(=O)(=O)c2cn(CC(=O)NCc3cccs3)c3ccccc23)cc1. The summed E-state index contributed by atoms with van der Waals surface area (Å²) in [6.07, 6.45) is 1.56. The number of fused-ring (bicyclic) bond motifs is 1. The molecule has 0 aliphatic heterocycles. The summed E-state index contributed by atoms with van der Waals surface area (Å²) in [4.78, 5) is 14.0. The molecular weight excluding hydrogens is 404 g/mol. The number of aromatic nitrogens is 1. The van der Waals surface area contributed by atoms with Gasteiger partial charge in [-0.15, -0.1) is 11.3 Å². The molecule has 1 N–H and O–H groups in total. The zero-order valence-corrected chi connectivity index (χ0v) is 17.5. The summed E-state index contributed by atoms with van der Waals surface area (Å²) in [5.74, 6) is -0.168. The number of hydrogen-bond donors (Lipinski definition) is 1. The molecule has 148 valence electrons. The van der Waals surface area contributed by atoms with Crippen molar-refractivity contribution in [2.75, 3.05) is 0 Å². The molecule has 0 aliphatic carbocycles. The van der Waals surface area contributed by atoms with Crippen LogP contribution in [0, 0.1) is 6.92 Å². The number of carbonyl (C=O) groups is 1. The van der Waals surface area contributed by atoms with Crippen LogP contribution in [0.1, 0.15) is 10.4 Å². The maximum Gasteiger partial charge on any atom is 0.240 e. The van der Waals surface area contributed by atoms with E-state index in [2.05, 4.69) is 5.32 Å². The van der Waals surface area contributed by atoms with E-state index in [1.54, 1.807) is 58.5 Å². The summed E-state index contributed by atoms with van der Waals surface area (Å²) < 4.78 is 28.1. The van der Waals surface area contributed by atoms with Gasteiger partial charge >= 0.3 is 0 Å². The first-order valence-corrected chi connectivity index (χ1v) is 11.5. The number of nitrogens with one attached hydrogen (secondary N) is 1. The Kier molecular flexibility index (Phi) is 5.25. The molecule has 0 fully saturated rings. The molecule has 29 heavy (non-hydrogen) atoms. The van der Waals surface area contributed by atoms with Crippen molar-refractivity contribution in [1.82, 2.24) is 9.88 Å². The van der Waals surface area contributed by atoms with Gasteiger partial charge in [-0.05, 0) is 36.6 Å². The van der Waals surface area contributed by atoms with Gasteiger partial charge in [0.1, 0.15) is 6.54 Å². The molecule has 4 aromatic rings. The number of amides is 1. The van der Waals surface area contributed by atoms with Crippen LogP contribution in [0.3, 0.4) is 0 Å². The largest absolute Gasteiger partial charge is 0.350 e. The monoisotopic (exact) mass is 424 g/mol. The van der Waals surface area contributed by atoms with Crippen LogP contribution < -0.4 is 5.32 Å². The van der Waals surface area contributed by atoms with E-state index in [4.69, 9.17) is 0 Å². The third-order valence-electron chi connectivity index (χ3n) is 4.73. The summed E-state index contributed by atoms with van der Waals surface area (Å²) in [7, 11) is -3.70. The Hall–Kier alpha value is -2.90. The van der Waals surface area contributed by atoms with Crippen LogP contribution in [0.25, 0.3) is 10.9 Å². The van der Waals surface area contributed by atoms with Crippen molar-refractivity contribution in [3.8, 4) is 0 Å². The highest BCUT2D eigenvalue weighted by Gasteiger charge is 2.23. The summed E-state index contributed by atoms with van der Waals surface area (Å²) in [5, 5.41) is 5.46. The van der Waals surface area contributed by atoms with Gasteiger partial charge in [-0.2, -0.15) is 0 Å². The van der Waals surface area contributed by atoms with E-state index >= 15 is 0 Å². The summed E-state index contributed by atoms with van der Waals surface area (Å²) in [6.45, 7) is 2.43. The minimum Gasteiger partial charge on any atom is -0.350 e. The number of para-hydroxylation sites is 1. The zero-order chi connectivity index (χ0) is 20.4. The third-order valence-corrected chi connectivity index (χ3v) is 7.40. The summed E-state index contributed by atoms with van der Waals surface area (Å²) in [6, 6.07) is 17.9. The molecule has 0 unspecified atom stereocenters. The normalized spacial score (nSPS) is 11.6. The molecule has 2 heterocycles. The molecule has 7 heteroatoms. The number of hydrogen-bond acceptors (Lipinski definition) is 4. The van der Waals surface area contributed by atoms with Crippen molar-refractivity contribution in [2.24, 2.45) is 0 Å². The quantitative estimate of drug-likeness (QED) is 0.505. The second kappa shape index (κ2) is 7.85. The molecule has 4 rings (SSSR count). The highest BCUT2D eigenvalue weighted by atomic mass is 32.2. The average molecular weight is 425 g/mol. The molecule has 0 saturated heterocycles. The van der Waals surface area contributed by atoms with Crippen LogP contribution in [0.5, 0.6) is 0 Å². The van der Waals surface area contributed by atoms with E-state index in [0.29, 0.717) is 17.4 Å². The molecule has 2 aromatic heterocycles. The maximum absolute atomic E-state index is 13.2. The van der Waals surface area contributed by atoms with Crippen LogP contribution in [0.4, 0.5) is 0 Å². The molecule has 0 aliphatic rings. The highest BCUT2D eigenvalue weighted by Crippen LogP contribution is 2.30. The van der Waals surface area contributed by atoms with Crippen LogP contribution in [0.2, 0.25) is 0 Å². The first kappa shape index (κ1) is 19.4. The van der Waals surface area contributed by atoms with Gasteiger partial charge in [0.2, 0.25) is 15.7 Å². The van der Waals surface area contributed by atoms with Gasteiger partial charge in [-0.3, -0.25) is 4.79 Å². The first-order valence-electron chi connectivity index (χ1n) is 9.14. The first-order chi connectivity index (χ1) is 13.9. The summed E-state index contributed by atoms with van der Waals surface area (Å²) in [5.41, 5.74) is 1.71. The van der Waals surface area contributed by atoms with E-state index < -0.39 is 9.84 Å². The Labute approximate surface area is 173 Å². The molecule has 0 spiro atoms. The maximum atomic E-state index is 13.2. The number of thiophene rings is 1. The third kappa shape index (κ3) is 3.97. The lowest BCUT2D eigenvalue weighted by Crippen LogP contribution is -2.26. The number of carbonyl (C=O) groups excluding carboxylic acids is 1. The second-order valence-corrected chi connectivity index (χ2v) is 9.76. The van der Waals surface area contributed by atoms with Crippen molar-refractivity contribution in [1.29, 1.82) is 0 Å². The fourth-order valence-corrected chi connectivity index (χ4v) is 5.33. The van der Waals surface area contributed by atoms with Crippen molar-refractivity contribution >= 4 is 38.0 Å². The topological polar surface area (TPSA) is 68.2 Å². The van der Waals surface area contributed by atoms with Crippen LogP contribution >= 0.6 is 11.3 Å². The molecular formula is C22H20N2O3S2. The lowest BCUT2D eigenvalue weighted by Gasteiger charge is -2.06. The molecule has 5 nitrogen and oxygen atoms in total. The number of benzene rings is 2. The van der Waals surface area contributed by atoms with E-state index in [9.17, 15) is 13.2 Å². The highest BCUT2D eigenvalue weighted by molar-refractivity contribution is 7.91.